The Bertz CT molecular complexity index is 1210. The molecule has 2 aromatic carbocycles. The molecule has 1 heterocycles. The number of nitro groups is 1. The molecule has 33 heavy (non-hydrogen) atoms. The van der Waals surface area contributed by atoms with Crippen LogP contribution in [0, 0.1) is 17.0 Å². The van der Waals surface area contributed by atoms with E-state index in [0.717, 1.165) is 0 Å². The summed E-state index contributed by atoms with van der Waals surface area (Å²) in [6.45, 7) is 3.57. The van der Waals surface area contributed by atoms with Crippen molar-refractivity contribution in [2.75, 3.05) is 18.4 Å². The minimum absolute atomic E-state index is 0.0449. The van der Waals surface area contributed by atoms with E-state index in [2.05, 4.69) is 15.6 Å². The molecule has 10 nitrogen and oxygen atoms in total. The number of carbonyl (C=O) groups is 2. The Morgan fingerprint density at radius 3 is 2.67 bits per heavy atom. The average Bonchev–Trinajstić information content (AvgIpc) is 3.16. The number of non-ortho nitro benzene ring substituents is 1. The molecule has 12 heteroatoms. The van der Waals surface area contributed by atoms with Crippen LogP contribution in [0.3, 0.4) is 0 Å². The lowest BCUT2D eigenvalue weighted by Crippen LogP contribution is -2.39. The lowest BCUT2D eigenvalue weighted by molar-refractivity contribution is -0.384. The van der Waals surface area contributed by atoms with Gasteiger partial charge in [-0.2, -0.15) is 0 Å². The zero-order chi connectivity index (χ0) is 24.1. The van der Waals surface area contributed by atoms with E-state index in [1.165, 1.54) is 33.8 Å². The number of benzene rings is 2. The number of halogens is 2. The van der Waals surface area contributed by atoms with E-state index >= 15 is 0 Å². The maximum Gasteiger partial charge on any atom is 0.276 e. The van der Waals surface area contributed by atoms with E-state index in [1.54, 1.807) is 25.1 Å². The average molecular weight is 491 g/mol. The Hall–Kier alpha value is -3.50. The molecule has 172 valence electrons. The second-order valence-corrected chi connectivity index (χ2v) is 7.95. The van der Waals surface area contributed by atoms with E-state index in [9.17, 15) is 19.7 Å². The van der Waals surface area contributed by atoms with Gasteiger partial charge in [-0.05, 0) is 37.6 Å². The minimum Gasteiger partial charge on any atom is -0.328 e. The van der Waals surface area contributed by atoms with Crippen LogP contribution in [0.1, 0.15) is 29.5 Å². The Balaban J connectivity index is 1.81. The number of aromatic nitrogens is 3. The van der Waals surface area contributed by atoms with Gasteiger partial charge in [0, 0.05) is 23.7 Å². The molecule has 0 spiro atoms. The molecule has 3 rings (SSSR count). The number of nitro benzene ring substituents is 1. The highest BCUT2D eigenvalue weighted by Gasteiger charge is 2.25. The molecule has 0 aliphatic rings. The third kappa shape index (κ3) is 5.65. The predicted molar refractivity (Wildman–Crippen MR) is 124 cm³/mol. The Kier molecular flexibility index (Phi) is 7.62. The first-order valence-corrected chi connectivity index (χ1v) is 10.7. The zero-order valence-electron chi connectivity index (χ0n) is 17.8. The topological polar surface area (TPSA) is 123 Å². The van der Waals surface area contributed by atoms with E-state index in [1.807, 2.05) is 6.92 Å². The third-order valence-electron chi connectivity index (χ3n) is 4.70. The Morgan fingerprint density at radius 1 is 1.21 bits per heavy atom. The minimum atomic E-state index is -0.518. The number of nitrogens with zero attached hydrogens (tertiary/aromatic N) is 5. The molecular formula is C21H20Cl2N6O4. The van der Waals surface area contributed by atoms with Crippen molar-refractivity contribution in [2.24, 2.45) is 0 Å². The van der Waals surface area contributed by atoms with Crippen LogP contribution in [0.4, 0.5) is 11.4 Å². The van der Waals surface area contributed by atoms with Crippen LogP contribution in [0.25, 0.3) is 5.69 Å². The van der Waals surface area contributed by atoms with Crippen molar-refractivity contribution in [3.8, 4) is 5.69 Å². The molecule has 0 bridgehead atoms. The molecule has 0 saturated heterocycles. The fourth-order valence-electron chi connectivity index (χ4n) is 3.14. The number of hydrogen-bond acceptors (Lipinski definition) is 6. The third-order valence-corrected chi connectivity index (χ3v) is 5.26. The first-order valence-electron chi connectivity index (χ1n) is 9.92. The summed E-state index contributed by atoms with van der Waals surface area (Å²) in [6, 6.07) is 10.5. The van der Waals surface area contributed by atoms with Gasteiger partial charge in [-0.15, -0.1) is 5.10 Å². The van der Waals surface area contributed by atoms with Crippen molar-refractivity contribution >= 4 is 46.4 Å². The van der Waals surface area contributed by atoms with Gasteiger partial charge in [0.2, 0.25) is 5.91 Å². The summed E-state index contributed by atoms with van der Waals surface area (Å²) in [7, 11) is 0. The molecule has 0 unspecified atom stereocenters. The SMILES string of the molecule is CCCN(CC(=O)Nc1cc(Cl)ccc1Cl)C(=O)c1nnn(-c2cccc([N+](=O)[O-])c2)c1C. The van der Waals surface area contributed by atoms with Gasteiger partial charge in [0.05, 0.1) is 27.0 Å². The maximum atomic E-state index is 13.2. The molecule has 3 aromatic rings. The highest BCUT2D eigenvalue weighted by molar-refractivity contribution is 6.35. The van der Waals surface area contributed by atoms with Crippen molar-refractivity contribution in [2.45, 2.75) is 20.3 Å². The van der Waals surface area contributed by atoms with Crippen LogP contribution >= 0.6 is 23.2 Å². The van der Waals surface area contributed by atoms with Gasteiger partial charge in [-0.25, -0.2) is 4.68 Å². The van der Waals surface area contributed by atoms with E-state index in [-0.39, 0.29) is 17.9 Å². The van der Waals surface area contributed by atoms with Gasteiger partial charge in [-0.1, -0.05) is 41.4 Å². The summed E-state index contributed by atoms with van der Waals surface area (Å²) < 4.78 is 1.34. The van der Waals surface area contributed by atoms with Gasteiger partial charge in [-0.3, -0.25) is 19.7 Å². The number of amides is 2. The first kappa shape index (κ1) is 24.1. The fraction of sp³-hybridized carbons (Fsp3) is 0.238. The van der Waals surface area contributed by atoms with Crippen molar-refractivity contribution in [1.82, 2.24) is 19.9 Å². The lowest BCUT2D eigenvalue weighted by Gasteiger charge is -2.21. The van der Waals surface area contributed by atoms with Crippen LogP contribution < -0.4 is 5.32 Å². The van der Waals surface area contributed by atoms with E-state index in [4.69, 9.17) is 23.2 Å². The molecule has 2 amide bonds. The zero-order valence-corrected chi connectivity index (χ0v) is 19.3. The quantitative estimate of drug-likeness (QED) is 0.371. The van der Waals surface area contributed by atoms with Crippen LogP contribution in [0.5, 0.6) is 0 Å². The number of nitrogens with one attached hydrogen (secondary N) is 1. The molecule has 0 aliphatic carbocycles. The summed E-state index contributed by atoms with van der Waals surface area (Å²) in [5, 5.41) is 22.4. The number of hydrogen-bond donors (Lipinski definition) is 1. The normalized spacial score (nSPS) is 10.7. The van der Waals surface area contributed by atoms with Crippen molar-refractivity contribution in [1.29, 1.82) is 0 Å². The van der Waals surface area contributed by atoms with Crippen molar-refractivity contribution in [3.05, 3.63) is 74.0 Å². The number of anilines is 1. The van der Waals surface area contributed by atoms with Crippen molar-refractivity contribution in [3.63, 3.8) is 0 Å². The van der Waals surface area contributed by atoms with Crippen molar-refractivity contribution < 1.29 is 14.5 Å². The molecule has 1 N–H and O–H groups in total. The first-order chi connectivity index (χ1) is 15.7. The monoisotopic (exact) mass is 490 g/mol. The smallest absolute Gasteiger partial charge is 0.276 e. The lowest BCUT2D eigenvalue weighted by atomic mass is 10.2. The molecule has 0 fully saturated rings. The van der Waals surface area contributed by atoms with Gasteiger partial charge in [0.25, 0.3) is 11.6 Å². The van der Waals surface area contributed by atoms with E-state index in [0.29, 0.717) is 40.1 Å². The summed E-state index contributed by atoms with van der Waals surface area (Å²) >= 11 is 12.0. The summed E-state index contributed by atoms with van der Waals surface area (Å²) in [5.41, 5.74) is 1.05. The van der Waals surface area contributed by atoms with Crippen LogP contribution in [-0.4, -0.2) is 49.7 Å². The fourth-order valence-corrected chi connectivity index (χ4v) is 3.48. The molecule has 0 radical (unpaired) electrons. The van der Waals surface area contributed by atoms with E-state index < -0.39 is 16.7 Å². The molecule has 0 aliphatic heterocycles. The Labute approximate surface area is 199 Å². The van der Waals surface area contributed by atoms with Crippen LogP contribution in [0.15, 0.2) is 42.5 Å². The molecule has 0 atom stereocenters. The van der Waals surface area contributed by atoms with Gasteiger partial charge >= 0.3 is 0 Å². The molecular weight excluding hydrogens is 471 g/mol. The van der Waals surface area contributed by atoms with Crippen LogP contribution in [-0.2, 0) is 4.79 Å². The van der Waals surface area contributed by atoms with Crippen LogP contribution in [0.2, 0.25) is 10.0 Å². The largest absolute Gasteiger partial charge is 0.328 e. The summed E-state index contributed by atoms with van der Waals surface area (Å²) in [4.78, 5) is 37.7. The maximum absolute atomic E-state index is 13.2. The predicted octanol–water partition coefficient (Wildman–Crippen LogP) is 4.28. The van der Waals surface area contributed by atoms with Gasteiger partial charge < -0.3 is 10.2 Å². The second-order valence-electron chi connectivity index (χ2n) is 7.11. The number of carbonyl (C=O) groups excluding carboxylic acids is 2. The summed E-state index contributed by atoms with van der Waals surface area (Å²) in [5.74, 6) is -0.942. The second kappa shape index (κ2) is 10.4. The summed E-state index contributed by atoms with van der Waals surface area (Å²) in [6.07, 6.45) is 0.606. The van der Waals surface area contributed by atoms with Gasteiger partial charge in [0.1, 0.15) is 6.54 Å². The number of rotatable bonds is 8. The highest BCUT2D eigenvalue weighted by atomic mass is 35.5. The van der Waals surface area contributed by atoms with Gasteiger partial charge in [0.15, 0.2) is 5.69 Å². The molecule has 0 saturated carbocycles. The Morgan fingerprint density at radius 2 is 1.97 bits per heavy atom. The standard InChI is InChI=1S/C21H20Cl2N6O4/c1-3-9-27(12-19(30)24-18-10-14(22)7-8-17(18)23)21(31)20-13(2)28(26-25-20)15-5-4-6-16(11-15)29(32)33/h4-8,10-11H,3,9,12H2,1-2H3,(H,24,30). The molecule has 1 aromatic heterocycles. The highest BCUT2D eigenvalue weighted by Crippen LogP contribution is 2.25.